The molecule has 0 bridgehead atoms. The number of rotatable bonds is 7. The van der Waals surface area contributed by atoms with E-state index in [1.807, 2.05) is 24.3 Å². The smallest absolute Gasteiger partial charge is 0.227 e. The number of ether oxygens (including phenoxy) is 1. The Labute approximate surface area is 120 Å². The summed E-state index contributed by atoms with van der Waals surface area (Å²) in [5.41, 5.74) is 1.82. The first kappa shape index (κ1) is 14.9. The van der Waals surface area contributed by atoms with Crippen LogP contribution in [0, 0.1) is 5.92 Å². The van der Waals surface area contributed by atoms with Crippen molar-refractivity contribution in [1.82, 2.24) is 0 Å². The SMILES string of the molecule is COC(C)(C)CCNc1ccc(NC(=O)C2CC2)cc1. The summed E-state index contributed by atoms with van der Waals surface area (Å²) in [5, 5.41) is 6.29. The third-order valence-electron chi connectivity index (χ3n) is 3.71. The van der Waals surface area contributed by atoms with Gasteiger partial charge in [-0.15, -0.1) is 0 Å². The van der Waals surface area contributed by atoms with Crippen LogP contribution in [0.25, 0.3) is 0 Å². The van der Waals surface area contributed by atoms with E-state index in [1.54, 1.807) is 7.11 Å². The minimum Gasteiger partial charge on any atom is -0.385 e. The molecule has 0 saturated heterocycles. The molecule has 1 fully saturated rings. The molecule has 0 heterocycles. The van der Waals surface area contributed by atoms with E-state index in [-0.39, 0.29) is 17.4 Å². The molecular weight excluding hydrogens is 252 g/mol. The summed E-state index contributed by atoms with van der Waals surface area (Å²) < 4.78 is 5.38. The molecule has 4 nitrogen and oxygen atoms in total. The Morgan fingerprint density at radius 2 is 1.85 bits per heavy atom. The predicted octanol–water partition coefficient (Wildman–Crippen LogP) is 3.26. The van der Waals surface area contributed by atoms with Gasteiger partial charge in [-0.2, -0.15) is 0 Å². The van der Waals surface area contributed by atoms with Crippen molar-refractivity contribution in [3.8, 4) is 0 Å². The Morgan fingerprint density at radius 1 is 1.25 bits per heavy atom. The van der Waals surface area contributed by atoms with Gasteiger partial charge in [0.15, 0.2) is 0 Å². The maximum Gasteiger partial charge on any atom is 0.227 e. The molecule has 1 aliphatic rings. The van der Waals surface area contributed by atoms with E-state index in [4.69, 9.17) is 4.74 Å². The molecule has 2 rings (SSSR count). The Morgan fingerprint density at radius 3 is 2.40 bits per heavy atom. The quantitative estimate of drug-likeness (QED) is 0.803. The van der Waals surface area contributed by atoms with Crippen molar-refractivity contribution >= 4 is 17.3 Å². The minimum atomic E-state index is -0.106. The van der Waals surface area contributed by atoms with Gasteiger partial charge in [0.2, 0.25) is 5.91 Å². The third kappa shape index (κ3) is 4.53. The highest BCUT2D eigenvalue weighted by Crippen LogP contribution is 2.30. The summed E-state index contributed by atoms with van der Waals surface area (Å²) in [7, 11) is 1.73. The Hall–Kier alpha value is -1.55. The van der Waals surface area contributed by atoms with Crippen molar-refractivity contribution in [1.29, 1.82) is 0 Å². The summed E-state index contributed by atoms with van der Waals surface area (Å²) in [6, 6.07) is 7.85. The van der Waals surface area contributed by atoms with E-state index < -0.39 is 0 Å². The van der Waals surface area contributed by atoms with Crippen LogP contribution in [0.3, 0.4) is 0 Å². The molecule has 110 valence electrons. The van der Waals surface area contributed by atoms with Crippen LogP contribution in [0.5, 0.6) is 0 Å². The standard InChI is InChI=1S/C16H24N2O2/c1-16(2,20-3)10-11-17-13-6-8-14(9-7-13)18-15(19)12-4-5-12/h6-9,12,17H,4-5,10-11H2,1-3H3,(H,18,19). The second kappa shape index (κ2) is 6.27. The lowest BCUT2D eigenvalue weighted by Gasteiger charge is -2.23. The Balaban J connectivity index is 1.77. The third-order valence-corrected chi connectivity index (χ3v) is 3.71. The molecule has 4 heteroatoms. The van der Waals surface area contributed by atoms with Crippen LogP contribution in [-0.2, 0) is 9.53 Å². The van der Waals surface area contributed by atoms with Crippen molar-refractivity contribution in [2.45, 2.75) is 38.7 Å². The second-order valence-electron chi connectivity index (χ2n) is 5.98. The molecular formula is C16H24N2O2. The zero-order chi connectivity index (χ0) is 14.6. The van der Waals surface area contributed by atoms with Gasteiger partial charge >= 0.3 is 0 Å². The molecule has 0 atom stereocenters. The molecule has 0 aliphatic heterocycles. The van der Waals surface area contributed by atoms with E-state index in [0.29, 0.717) is 0 Å². The lowest BCUT2D eigenvalue weighted by Crippen LogP contribution is -2.25. The van der Waals surface area contributed by atoms with Gasteiger partial charge < -0.3 is 15.4 Å². The molecule has 1 amide bonds. The molecule has 1 aromatic rings. The summed E-state index contributed by atoms with van der Waals surface area (Å²) in [6.07, 6.45) is 2.99. The molecule has 0 aromatic heterocycles. The van der Waals surface area contributed by atoms with Gasteiger partial charge in [0.25, 0.3) is 0 Å². The maximum absolute atomic E-state index is 11.6. The van der Waals surface area contributed by atoms with Crippen LogP contribution in [-0.4, -0.2) is 25.2 Å². The van der Waals surface area contributed by atoms with Crippen molar-refractivity contribution in [2.24, 2.45) is 5.92 Å². The Kier molecular flexibility index (Phi) is 4.65. The van der Waals surface area contributed by atoms with Crippen LogP contribution in [0.1, 0.15) is 33.1 Å². The van der Waals surface area contributed by atoms with Crippen molar-refractivity contribution < 1.29 is 9.53 Å². The van der Waals surface area contributed by atoms with Gasteiger partial charge in [0.05, 0.1) is 5.60 Å². The number of nitrogens with one attached hydrogen (secondary N) is 2. The van der Waals surface area contributed by atoms with Crippen LogP contribution in [0.15, 0.2) is 24.3 Å². The van der Waals surface area contributed by atoms with E-state index in [2.05, 4.69) is 24.5 Å². The number of amides is 1. The van der Waals surface area contributed by atoms with Crippen LogP contribution >= 0.6 is 0 Å². The topological polar surface area (TPSA) is 50.4 Å². The molecule has 1 aromatic carbocycles. The lowest BCUT2D eigenvalue weighted by molar-refractivity contribution is -0.117. The molecule has 2 N–H and O–H groups in total. The summed E-state index contributed by atoms with van der Waals surface area (Å²) >= 11 is 0. The van der Waals surface area contributed by atoms with Gasteiger partial charge in [-0.1, -0.05) is 0 Å². The van der Waals surface area contributed by atoms with E-state index in [9.17, 15) is 4.79 Å². The average molecular weight is 276 g/mol. The van der Waals surface area contributed by atoms with E-state index in [0.717, 1.165) is 37.2 Å². The molecule has 0 radical (unpaired) electrons. The summed E-state index contributed by atoms with van der Waals surface area (Å²) in [4.78, 5) is 11.6. The summed E-state index contributed by atoms with van der Waals surface area (Å²) in [5.74, 6) is 0.386. The molecule has 1 aliphatic carbocycles. The average Bonchev–Trinajstić information content (AvgIpc) is 3.25. The first-order chi connectivity index (χ1) is 9.50. The number of carbonyl (C=O) groups excluding carboxylic acids is 1. The van der Waals surface area contributed by atoms with Crippen molar-refractivity contribution in [3.63, 3.8) is 0 Å². The molecule has 0 spiro atoms. The van der Waals surface area contributed by atoms with Gasteiger partial charge in [-0.3, -0.25) is 4.79 Å². The first-order valence-electron chi connectivity index (χ1n) is 7.20. The van der Waals surface area contributed by atoms with Crippen LogP contribution in [0.2, 0.25) is 0 Å². The van der Waals surface area contributed by atoms with Crippen LogP contribution in [0.4, 0.5) is 11.4 Å². The predicted molar refractivity (Wildman–Crippen MR) is 82.0 cm³/mol. The van der Waals surface area contributed by atoms with Gasteiger partial charge in [0.1, 0.15) is 0 Å². The highest BCUT2D eigenvalue weighted by Gasteiger charge is 2.29. The molecule has 0 unspecified atom stereocenters. The lowest BCUT2D eigenvalue weighted by atomic mass is 10.1. The highest BCUT2D eigenvalue weighted by molar-refractivity contribution is 5.94. The monoisotopic (exact) mass is 276 g/mol. The van der Waals surface area contributed by atoms with Crippen molar-refractivity contribution in [2.75, 3.05) is 24.3 Å². The fraction of sp³-hybridized carbons (Fsp3) is 0.562. The summed E-state index contributed by atoms with van der Waals surface area (Å²) in [6.45, 7) is 5.00. The van der Waals surface area contributed by atoms with E-state index >= 15 is 0 Å². The number of carbonyl (C=O) groups is 1. The van der Waals surface area contributed by atoms with Crippen molar-refractivity contribution in [3.05, 3.63) is 24.3 Å². The zero-order valence-electron chi connectivity index (χ0n) is 12.5. The molecule has 20 heavy (non-hydrogen) atoms. The number of hydrogen-bond donors (Lipinski definition) is 2. The highest BCUT2D eigenvalue weighted by atomic mass is 16.5. The molecule has 1 saturated carbocycles. The number of anilines is 2. The largest absolute Gasteiger partial charge is 0.385 e. The fourth-order valence-corrected chi connectivity index (χ4v) is 1.87. The van der Waals surface area contributed by atoms with E-state index in [1.165, 1.54) is 0 Å². The van der Waals surface area contributed by atoms with Gasteiger partial charge in [-0.05, 0) is 57.4 Å². The first-order valence-corrected chi connectivity index (χ1v) is 7.20. The number of hydrogen-bond acceptors (Lipinski definition) is 3. The number of methoxy groups -OCH3 is 1. The maximum atomic E-state index is 11.6. The van der Waals surface area contributed by atoms with Gasteiger partial charge in [0, 0.05) is 30.9 Å². The minimum absolute atomic E-state index is 0.106. The second-order valence-corrected chi connectivity index (χ2v) is 5.98. The number of benzene rings is 1. The van der Waals surface area contributed by atoms with Crippen LogP contribution < -0.4 is 10.6 Å². The fourth-order valence-electron chi connectivity index (χ4n) is 1.87. The zero-order valence-corrected chi connectivity index (χ0v) is 12.5. The Bertz CT molecular complexity index is 450. The van der Waals surface area contributed by atoms with Gasteiger partial charge in [-0.25, -0.2) is 0 Å². The normalized spacial score (nSPS) is 14.9.